The average molecular weight is 355 g/mol. The van der Waals surface area contributed by atoms with Crippen LogP contribution in [0.1, 0.15) is 29.6 Å². The largest absolute Gasteiger partial charge is 0.380 e. The van der Waals surface area contributed by atoms with Crippen LogP contribution in [-0.4, -0.2) is 47.1 Å². The van der Waals surface area contributed by atoms with E-state index < -0.39 is 0 Å². The molecule has 0 bridgehead atoms. The highest BCUT2D eigenvalue weighted by molar-refractivity contribution is 5.94. The van der Waals surface area contributed by atoms with Gasteiger partial charge in [-0.05, 0) is 43.2 Å². The van der Waals surface area contributed by atoms with Gasteiger partial charge < -0.3 is 15.0 Å². The van der Waals surface area contributed by atoms with Crippen molar-refractivity contribution >= 4 is 11.6 Å². The van der Waals surface area contributed by atoms with Gasteiger partial charge in [0, 0.05) is 36.6 Å². The SMILES string of the molecule is O=C(c1ccncc1)N1CCC[C@@]2(C[C@H](Nc3cccc(F)c3)CO2)C1. The van der Waals surface area contributed by atoms with Crippen molar-refractivity contribution in [3.8, 4) is 0 Å². The van der Waals surface area contributed by atoms with E-state index in [1.54, 1.807) is 30.6 Å². The van der Waals surface area contributed by atoms with Crippen LogP contribution in [0, 0.1) is 5.82 Å². The maximum absolute atomic E-state index is 13.4. The Morgan fingerprint density at radius 2 is 2.15 bits per heavy atom. The number of hydrogen-bond acceptors (Lipinski definition) is 4. The van der Waals surface area contributed by atoms with E-state index >= 15 is 0 Å². The van der Waals surface area contributed by atoms with Gasteiger partial charge in [0.2, 0.25) is 0 Å². The molecule has 2 aromatic rings. The van der Waals surface area contributed by atoms with Crippen molar-refractivity contribution in [2.45, 2.75) is 30.9 Å². The van der Waals surface area contributed by atoms with Crippen molar-refractivity contribution in [3.63, 3.8) is 0 Å². The molecule has 2 fully saturated rings. The number of amides is 1. The maximum atomic E-state index is 13.4. The second-order valence-corrected chi connectivity index (χ2v) is 7.12. The summed E-state index contributed by atoms with van der Waals surface area (Å²) in [4.78, 5) is 18.6. The van der Waals surface area contributed by atoms with E-state index in [1.165, 1.54) is 12.1 Å². The molecule has 26 heavy (non-hydrogen) atoms. The summed E-state index contributed by atoms with van der Waals surface area (Å²) in [5.41, 5.74) is 1.10. The lowest BCUT2D eigenvalue weighted by atomic mass is 9.88. The van der Waals surface area contributed by atoms with Crippen LogP contribution in [0.2, 0.25) is 0 Å². The number of halogens is 1. The fourth-order valence-electron chi connectivity index (χ4n) is 3.98. The molecule has 1 aromatic heterocycles. The molecule has 136 valence electrons. The number of carbonyl (C=O) groups is 1. The molecule has 1 aromatic carbocycles. The highest BCUT2D eigenvalue weighted by Crippen LogP contribution is 2.36. The molecule has 4 rings (SSSR count). The quantitative estimate of drug-likeness (QED) is 0.919. The lowest BCUT2D eigenvalue weighted by Crippen LogP contribution is -2.50. The Labute approximate surface area is 152 Å². The highest BCUT2D eigenvalue weighted by atomic mass is 19.1. The van der Waals surface area contributed by atoms with Crippen LogP contribution >= 0.6 is 0 Å². The fourth-order valence-corrected chi connectivity index (χ4v) is 3.98. The molecule has 2 saturated heterocycles. The number of pyridine rings is 1. The van der Waals surface area contributed by atoms with Crippen LogP contribution in [0.15, 0.2) is 48.8 Å². The van der Waals surface area contributed by atoms with E-state index in [0.29, 0.717) is 18.7 Å². The summed E-state index contributed by atoms with van der Waals surface area (Å²) in [6, 6.07) is 10.1. The number of hydrogen-bond donors (Lipinski definition) is 1. The van der Waals surface area contributed by atoms with E-state index in [-0.39, 0.29) is 23.4 Å². The number of nitrogens with zero attached hydrogens (tertiary/aromatic N) is 2. The third-order valence-corrected chi connectivity index (χ3v) is 5.16. The number of ether oxygens (including phenoxy) is 1. The molecule has 0 aliphatic carbocycles. The molecule has 2 aliphatic heterocycles. The van der Waals surface area contributed by atoms with Crippen molar-refractivity contribution in [1.29, 1.82) is 0 Å². The van der Waals surface area contributed by atoms with E-state index in [4.69, 9.17) is 4.74 Å². The summed E-state index contributed by atoms with van der Waals surface area (Å²) < 4.78 is 19.5. The predicted molar refractivity (Wildman–Crippen MR) is 96.5 cm³/mol. The van der Waals surface area contributed by atoms with Crippen LogP contribution < -0.4 is 5.32 Å². The van der Waals surface area contributed by atoms with Crippen molar-refractivity contribution in [2.24, 2.45) is 0 Å². The van der Waals surface area contributed by atoms with Gasteiger partial charge in [-0.3, -0.25) is 9.78 Å². The Morgan fingerprint density at radius 1 is 1.31 bits per heavy atom. The van der Waals surface area contributed by atoms with Crippen LogP contribution in [0.25, 0.3) is 0 Å². The maximum Gasteiger partial charge on any atom is 0.254 e. The molecule has 0 unspecified atom stereocenters. The standard InChI is InChI=1S/C20H22FN3O2/c21-16-3-1-4-17(11-16)23-18-12-20(26-13-18)7-2-10-24(14-20)19(25)15-5-8-22-9-6-15/h1,3-6,8-9,11,18,23H,2,7,10,12-14H2/t18-,20+/m0/s1. The average Bonchev–Trinajstić information content (AvgIpc) is 3.03. The predicted octanol–water partition coefficient (Wildman–Crippen LogP) is 3.10. The van der Waals surface area contributed by atoms with E-state index in [0.717, 1.165) is 31.5 Å². The summed E-state index contributed by atoms with van der Waals surface area (Å²) in [7, 11) is 0. The minimum atomic E-state index is -0.314. The first kappa shape index (κ1) is 17.0. The lowest BCUT2D eigenvalue weighted by Gasteiger charge is -2.39. The second kappa shape index (κ2) is 7.03. The number of likely N-dealkylation sites (tertiary alicyclic amines) is 1. The van der Waals surface area contributed by atoms with Crippen molar-refractivity contribution in [1.82, 2.24) is 9.88 Å². The Bertz CT molecular complexity index is 786. The Kier molecular flexibility index (Phi) is 4.59. The monoisotopic (exact) mass is 355 g/mol. The summed E-state index contributed by atoms with van der Waals surface area (Å²) in [5, 5.41) is 3.35. The first-order chi connectivity index (χ1) is 12.6. The number of benzene rings is 1. The summed E-state index contributed by atoms with van der Waals surface area (Å²) in [6.45, 7) is 1.90. The first-order valence-electron chi connectivity index (χ1n) is 8.99. The molecule has 5 nitrogen and oxygen atoms in total. The fraction of sp³-hybridized carbons (Fsp3) is 0.400. The Balaban J connectivity index is 1.42. The van der Waals surface area contributed by atoms with Gasteiger partial charge in [-0.2, -0.15) is 0 Å². The van der Waals surface area contributed by atoms with Gasteiger partial charge in [0.1, 0.15) is 5.82 Å². The first-order valence-corrected chi connectivity index (χ1v) is 8.99. The minimum Gasteiger partial charge on any atom is -0.380 e. The lowest BCUT2D eigenvalue weighted by molar-refractivity contribution is -0.0447. The summed E-state index contributed by atoms with van der Waals surface area (Å²) in [5.74, 6) is -0.230. The van der Waals surface area contributed by atoms with E-state index in [2.05, 4.69) is 10.3 Å². The number of nitrogens with one attached hydrogen (secondary N) is 1. The normalized spacial score (nSPS) is 25.4. The van der Waals surface area contributed by atoms with Crippen LogP contribution in [-0.2, 0) is 4.74 Å². The van der Waals surface area contributed by atoms with E-state index in [9.17, 15) is 9.18 Å². The van der Waals surface area contributed by atoms with Gasteiger partial charge >= 0.3 is 0 Å². The molecule has 2 aliphatic rings. The van der Waals surface area contributed by atoms with Crippen LogP contribution in [0.4, 0.5) is 10.1 Å². The summed E-state index contributed by atoms with van der Waals surface area (Å²) in [6.07, 6.45) is 5.94. The molecule has 1 N–H and O–H groups in total. The van der Waals surface area contributed by atoms with Crippen molar-refractivity contribution in [3.05, 3.63) is 60.2 Å². The molecule has 2 atom stereocenters. The van der Waals surface area contributed by atoms with Crippen LogP contribution in [0.3, 0.4) is 0 Å². The van der Waals surface area contributed by atoms with Crippen molar-refractivity contribution in [2.75, 3.05) is 25.0 Å². The Morgan fingerprint density at radius 3 is 2.96 bits per heavy atom. The molecule has 1 spiro atoms. The molecule has 1 amide bonds. The molecular formula is C20H22FN3O2. The summed E-state index contributed by atoms with van der Waals surface area (Å²) >= 11 is 0. The minimum absolute atomic E-state index is 0.0246. The van der Waals surface area contributed by atoms with Gasteiger partial charge in [0.05, 0.1) is 24.8 Å². The van der Waals surface area contributed by atoms with Gasteiger partial charge in [-0.1, -0.05) is 6.07 Å². The zero-order valence-corrected chi connectivity index (χ0v) is 14.5. The third kappa shape index (κ3) is 3.55. The number of rotatable bonds is 3. The number of anilines is 1. The third-order valence-electron chi connectivity index (χ3n) is 5.16. The second-order valence-electron chi connectivity index (χ2n) is 7.12. The van der Waals surface area contributed by atoms with E-state index in [1.807, 2.05) is 11.0 Å². The van der Waals surface area contributed by atoms with Crippen molar-refractivity contribution < 1.29 is 13.9 Å². The van der Waals surface area contributed by atoms with Gasteiger partial charge in [0.15, 0.2) is 0 Å². The molecule has 6 heteroatoms. The number of aromatic nitrogens is 1. The van der Waals surface area contributed by atoms with Gasteiger partial charge in [0.25, 0.3) is 5.91 Å². The topological polar surface area (TPSA) is 54.5 Å². The van der Waals surface area contributed by atoms with Crippen LogP contribution in [0.5, 0.6) is 0 Å². The highest BCUT2D eigenvalue weighted by Gasteiger charge is 2.44. The molecule has 0 radical (unpaired) electrons. The number of carbonyl (C=O) groups excluding carboxylic acids is 1. The van der Waals surface area contributed by atoms with Gasteiger partial charge in [-0.15, -0.1) is 0 Å². The zero-order valence-electron chi connectivity index (χ0n) is 14.5. The van der Waals surface area contributed by atoms with Gasteiger partial charge in [-0.25, -0.2) is 4.39 Å². The number of piperidine rings is 1. The Hall–Kier alpha value is -2.47. The smallest absolute Gasteiger partial charge is 0.254 e. The molecule has 0 saturated carbocycles. The molecular weight excluding hydrogens is 333 g/mol. The molecule has 3 heterocycles. The zero-order chi connectivity index (χ0) is 18.0.